The summed E-state index contributed by atoms with van der Waals surface area (Å²) >= 11 is 6.01. The van der Waals surface area contributed by atoms with Gasteiger partial charge in [0, 0.05) is 30.8 Å². The van der Waals surface area contributed by atoms with Crippen LogP contribution in [0.15, 0.2) is 54.7 Å². The van der Waals surface area contributed by atoms with Crippen LogP contribution in [0.5, 0.6) is 5.75 Å². The zero-order valence-electron chi connectivity index (χ0n) is 13.9. The van der Waals surface area contributed by atoms with Gasteiger partial charge in [-0.1, -0.05) is 41.9 Å². The van der Waals surface area contributed by atoms with E-state index in [1.54, 1.807) is 25.3 Å². The molecule has 0 bridgehead atoms. The summed E-state index contributed by atoms with van der Waals surface area (Å²) in [6.07, 6.45) is 1.84. The van der Waals surface area contributed by atoms with E-state index in [9.17, 15) is 5.11 Å². The number of hydrogen-bond acceptors (Lipinski definition) is 4. The molecule has 0 fully saturated rings. The van der Waals surface area contributed by atoms with Gasteiger partial charge in [-0.05, 0) is 23.8 Å². The molecule has 0 amide bonds. The molecule has 1 aromatic heterocycles. The van der Waals surface area contributed by atoms with Crippen LogP contribution in [0.4, 0.5) is 5.95 Å². The molecule has 6 heteroatoms. The third kappa shape index (κ3) is 4.13. The van der Waals surface area contributed by atoms with Crippen LogP contribution in [0, 0.1) is 0 Å². The molecule has 0 unspecified atom stereocenters. The first-order valence-electron chi connectivity index (χ1n) is 8.00. The monoisotopic (exact) mass is 357 g/mol. The van der Waals surface area contributed by atoms with Crippen molar-refractivity contribution >= 4 is 17.5 Å². The second-order valence-corrected chi connectivity index (χ2v) is 6.04. The van der Waals surface area contributed by atoms with Gasteiger partial charge in [-0.2, -0.15) is 0 Å². The highest BCUT2D eigenvalue weighted by Gasteiger charge is 2.12. The topological polar surface area (TPSA) is 59.3 Å². The average Bonchev–Trinajstić information content (AvgIpc) is 3.04. The number of nitrogens with zero attached hydrogens (tertiary/aromatic N) is 2. The Hall–Kier alpha value is -2.50. The van der Waals surface area contributed by atoms with Crippen LogP contribution in [-0.2, 0) is 17.8 Å². The summed E-state index contributed by atoms with van der Waals surface area (Å²) < 4.78 is 7.29. The van der Waals surface area contributed by atoms with Gasteiger partial charge >= 0.3 is 0 Å². The number of ether oxygens (including phenoxy) is 1. The first-order chi connectivity index (χ1) is 12.2. The lowest BCUT2D eigenvalue weighted by Crippen LogP contribution is -2.11. The van der Waals surface area contributed by atoms with Crippen molar-refractivity contribution in [1.29, 1.82) is 0 Å². The third-order valence-electron chi connectivity index (χ3n) is 3.92. The maximum Gasteiger partial charge on any atom is 0.203 e. The Morgan fingerprint density at radius 2 is 2.00 bits per heavy atom. The molecular weight excluding hydrogens is 338 g/mol. The number of aromatic hydroxyl groups is 1. The van der Waals surface area contributed by atoms with Gasteiger partial charge in [-0.15, -0.1) is 0 Å². The zero-order valence-corrected chi connectivity index (χ0v) is 14.7. The Morgan fingerprint density at radius 3 is 2.76 bits per heavy atom. The lowest BCUT2D eigenvalue weighted by atomic mass is 10.2. The number of methoxy groups -OCH3 is 1. The molecule has 0 saturated carbocycles. The van der Waals surface area contributed by atoms with E-state index in [4.69, 9.17) is 16.3 Å². The Morgan fingerprint density at radius 1 is 1.20 bits per heavy atom. The molecular formula is C19H20ClN3O2. The van der Waals surface area contributed by atoms with E-state index in [-0.39, 0.29) is 5.75 Å². The summed E-state index contributed by atoms with van der Waals surface area (Å²) in [7, 11) is 1.68. The number of phenolic OH excluding ortho intramolecular Hbond substituents is 1. The first kappa shape index (κ1) is 17.3. The standard InChI is InChI=1S/C19H20ClN3O2/c1-25-10-9-23-17(14-5-3-2-4-6-14)13-22-19(23)21-12-15-11-16(20)7-8-18(15)24/h2-8,11,13,24H,9-10,12H2,1H3,(H,21,22). The van der Waals surface area contributed by atoms with E-state index in [1.807, 2.05) is 36.5 Å². The number of hydrogen-bond donors (Lipinski definition) is 2. The van der Waals surface area contributed by atoms with Crippen LogP contribution in [0.25, 0.3) is 11.3 Å². The van der Waals surface area contributed by atoms with Crippen LogP contribution in [0.1, 0.15) is 5.56 Å². The average molecular weight is 358 g/mol. The van der Waals surface area contributed by atoms with E-state index in [0.717, 1.165) is 22.8 Å². The highest BCUT2D eigenvalue weighted by molar-refractivity contribution is 6.30. The molecule has 0 saturated heterocycles. The van der Waals surface area contributed by atoms with E-state index in [0.29, 0.717) is 24.7 Å². The Labute approximate surface area is 151 Å². The van der Waals surface area contributed by atoms with Crippen LogP contribution in [-0.4, -0.2) is 28.4 Å². The van der Waals surface area contributed by atoms with Crippen molar-refractivity contribution in [1.82, 2.24) is 9.55 Å². The summed E-state index contributed by atoms with van der Waals surface area (Å²) in [6, 6.07) is 15.1. The summed E-state index contributed by atoms with van der Waals surface area (Å²) in [4.78, 5) is 4.49. The number of nitrogens with one attached hydrogen (secondary N) is 1. The largest absolute Gasteiger partial charge is 0.508 e. The molecule has 0 aliphatic heterocycles. The van der Waals surface area contributed by atoms with Crippen LogP contribution in [0.2, 0.25) is 5.02 Å². The number of rotatable bonds is 7. The molecule has 130 valence electrons. The van der Waals surface area contributed by atoms with Crippen molar-refractivity contribution in [3.63, 3.8) is 0 Å². The SMILES string of the molecule is COCCn1c(-c2ccccc2)cnc1NCc1cc(Cl)ccc1O. The fourth-order valence-corrected chi connectivity index (χ4v) is 2.83. The van der Waals surface area contributed by atoms with Crippen LogP contribution in [0.3, 0.4) is 0 Å². The lowest BCUT2D eigenvalue weighted by Gasteiger charge is -2.13. The maximum absolute atomic E-state index is 9.96. The van der Waals surface area contributed by atoms with Crippen LogP contribution >= 0.6 is 11.6 Å². The van der Waals surface area contributed by atoms with E-state index >= 15 is 0 Å². The zero-order chi connectivity index (χ0) is 17.6. The molecule has 2 aromatic carbocycles. The molecule has 1 heterocycles. The number of halogens is 1. The van der Waals surface area contributed by atoms with Crippen LogP contribution < -0.4 is 5.32 Å². The maximum atomic E-state index is 9.96. The minimum absolute atomic E-state index is 0.204. The minimum atomic E-state index is 0.204. The van der Waals surface area contributed by atoms with Crippen molar-refractivity contribution in [2.24, 2.45) is 0 Å². The van der Waals surface area contributed by atoms with Gasteiger partial charge in [-0.25, -0.2) is 4.98 Å². The highest BCUT2D eigenvalue weighted by Crippen LogP contribution is 2.25. The molecule has 0 spiro atoms. The summed E-state index contributed by atoms with van der Waals surface area (Å²) in [6.45, 7) is 1.67. The first-order valence-corrected chi connectivity index (χ1v) is 8.38. The summed E-state index contributed by atoms with van der Waals surface area (Å²) in [5.41, 5.74) is 2.82. The van der Waals surface area contributed by atoms with Crippen molar-refractivity contribution in [2.45, 2.75) is 13.1 Å². The summed E-state index contributed by atoms with van der Waals surface area (Å²) in [5.74, 6) is 0.922. The van der Waals surface area contributed by atoms with E-state index < -0.39 is 0 Å². The molecule has 0 aliphatic carbocycles. The third-order valence-corrected chi connectivity index (χ3v) is 4.16. The molecule has 25 heavy (non-hydrogen) atoms. The van der Waals surface area contributed by atoms with Gasteiger partial charge in [0.2, 0.25) is 5.95 Å². The Kier molecular flexibility index (Phi) is 5.58. The molecule has 0 radical (unpaired) electrons. The molecule has 3 rings (SSSR count). The molecule has 2 N–H and O–H groups in total. The Bertz CT molecular complexity index is 834. The normalized spacial score (nSPS) is 10.8. The molecule has 3 aromatic rings. The minimum Gasteiger partial charge on any atom is -0.508 e. The quantitative estimate of drug-likeness (QED) is 0.666. The fourth-order valence-electron chi connectivity index (χ4n) is 2.64. The fraction of sp³-hybridized carbons (Fsp3) is 0.211. The number of anilines is 1. The van der Waals surface area contributed by atoms with Gasteiger partial charge in [0.25, 0.3) is 0 Å². The Balaban J connectivity index is 1.85. The highest BCUT2D eigenvalue weighted by atomic mass is 35.5. The molecule has 0 atom stereocenters. The number of phenols is 1. The second-order valence-electron chi connectivity index (χ2n) is 5.60. The van der Waals surface area contributed by atoms with Gasteiger partial charge in [0.1, 0.15) is 5.75 Å². The van der Waals surface area contributed by atoms with Gasteiger partial charge in [-0.3, -0.25) is 0 Å². The predicted molar refractivity (Wildman–Crippen MR) is 100.0 cm³/mol. The van der Waals surface area contributed by atoms with Crippen molar-refractivity contribution in [3.8, 4) is 17.0 Å². The molecule has 5 nitrogen and oxygen atoms in total. The van der Waals surface area contributed by atoms with Gasteiger partial charge in [0.15, 0.2) is 0 Å². The van der Waals surface area contributed by atoms with Gasteiger partial charge in [0.05, 0.1) is 18.5 Å². The van der Waals surface area contributed by atoms with Gasteiger partial charge < -0.3 is 19.7 Å². The number of imidazole rings is 1. The molecule has 0 aliphatic rings. The lowest BCUT2D eigenvalue weighted by molar-refractivity contribution is 0.188. The predicted octanol–water partition coefficient (Wildman–Crippen LogP) is 4.17. The van der Waals surface area contributed by atoms with E-state index in [2.05, 4.69) is 14.9 Å². The summed E-state index contributed by atoms with van der Waals surface area (Å²) in [5, 5.41) is 13.8. The number of benzene rings is 2. The smallest absolute Gasteiger partial charge is 0.203 e. The second kappa shape index (κ2) is 8.05. The van der Waals surface area contributed by atoms with E-state index in [1.165, 1.54) is 0 Å². The van der Waals surface area contributed by atoms with Crippen molar-refractivity contribution in [2.75, 3.05) is 19.0 Å². The number of aromatic nitrogens is 2. The van der Waals surface area contributed by atoms with Crippen molar-refractivity contribution < 1.29 is 9.84 Å². The van der Waals surface area contributed by atoms with Crippen molar-refractivity contribution in [3.05, 3.63) is 65.3 Å².